The third kappa shape index (κ3) is 3.03. The first-order valence-corrected chi connectivity index (χ1v) is 10.9. The van der Waals surface area contributed by atoms with E-state index in [9.17, 15) is 0 Å². The van der Waals surface area contributed by atoms with Crippen molar-refractivity contribution in [2.24, 2.45) is 0 Å². The van der Waals surface area contributed by atoms with Crippen molar-refractivity contribution in [3.63, 3.8) is 0 Å². The van der Waals surface area contributed by atoms with Gasteiger partial charge in [0.2, 0.25) is 0 Å². The van der Waals surface area contributed by atoms with Gasteiger partial charge in [-0.25, -0.2) is 0 Å². The molecular weight excluding hydrogens is 432 g/mol. The zero-order valence-electron chi connectivity index (χ0n) is 17.2. The summed E-state index contributed by atoms with van der Waals surface area (Å²) in [6.07, 6.45) is 3.51. The second kappa shape index (κ2) is 7.72. The Kier molecular flexibility index (Phi) is 5.04. The van der Waals surface area contributed by atoms with Gasteiger partial charge in [-0.1, -0.05) is 72.8 Å². The summed E-state index contributed by atoms with van der Waals surface area (Å²) in [6, 6.07) is 29.5. The summed E-state index contributed by atoms with van der Waals surface area (Å²) in [5.74, 6) is 0. The van der Waals surface area contributed by atoms with Crippen LogP contribution in [0, 0.1) is 0 Å². The molecule has 0 radical (unpaired) electrons. The lowest BCUT2D eigenvalue weighted by Gasteiger charge is -2.50. The van der Waals surface area contributed by atoms with Crippen molar-refractivity contribution < 1.29 is 21.5 Å². The Morgan fingerprint density at radius 1 is 0.800 bits per heavy atom. The number of aromatic amines is 1. The molecule has 0 spiro atoms. The fourth-order valence-electron chi connectivity index (χ4n) is 5.87. The lowest BCUT2D eigenvalue weighted by atomic mass is 9.82. The minimum atomic E-state index is 0. The highest BCUT2D eigenvalue weighted by Gasteiger charge is 2.47. The number of hydrogen-bond donors (Lipinski definition) is 1. The number of rotatable bonds is 3. The average molecular weight is 459 g/mol. The van der Waals surface area contributed by atoms with Crippen molar-refractivity contribution >= 4 is 10.9 Å². The van der Waals surface area contributed by atoms with Gasteiger partial charge in [0.25, 0.3) is 0 Å². The highest BCUT2D eigenvalue weighted by molar-refractivity contribution is 5.85. The van der Waals surface area contributed by atoms with Crippen molar-refractivity contribution in [3.8, 4) is 0 Å². The molecule has 1 N–H and O–H groups in total. The second-order valence-electron chi connectivity index (χ2n) is 8.79. The normalized spacial score (nSPS) is 21.9. The van der Waals surface area contributed by atoms with E-state index in [-0.39, 0.29) is 17.0 Å². The van der Waals surface area contributed by atoms with E-state index in [4.69, 9.17) is 0 Å². The first-order valence-electron chi connectivity index (χ1n) is 10.9. The van der Waals surface area contributed by atoms with Crippen LogP contribution in [0.2, 0.25) is 0 Å². The minimum Gasteiger partial charge on any atom is -1.00 e. The highest BCUT2D eigenvalue weighted by Crippen LogP contribution is 2.46. The van der Waals surface area contributed by atoms with Crippen molar-refractivity contribution in [1.82, 2.24) is 4.98 Å². The van der Waals surface area contributed by atoms with Crippen molar-refractivity contribution in [3.05, 3.63) is 107 Å². The Morgan fingerprint density at radius 3 is 2.43 bits per heavy atom. The molecule has 1 aromatic heterocycles. The van der Waals surface area contributed by atoms with Gasteiger partial charge in [0.1, 0.15) is 0 Å². The summed E-state index contributed by atoms with van der Waals surface area (Å²) in [6.45, 7) is 3.68. The van der Waals surface area contributed by atoms with E-state index < -0.39 is 0 Å². The molecule has 0 fully saturated rings. The molecule has 3 heteroatoms. The first-order chi connectivity index (χ1) is 14.3. The van der Waals surface area contributed by atoms with Gasteiger partial charge in [-0.05, 0) is 22.8 Å². The summed E-state index contributed by atoms with van der Waals surface area (Å²) in [7, 11) is 0. The van der Waals surface area contributed by atoms with Crippen LogP contribution < -0.4 is 17.0 Å². The number of nitrogens with zero attached hydrogens (tertiary/aromatic N) is 1. The molecule has 3 aromatic carbocycles. The van der Waals surface area contributed by atoms with Gasteiger partial charge in [0.15, 0.2) is 6.04 Å². The molecule has 0 amide bonds. The Labute approximate surface area is 188 Å². The van der Waals surface area contributed by atoms with Crippen LogP contribution in [0.3, 0.4) is 0 Å². The van der Waals surface area contributed by atoms with E-state index in [1.807, 2.05) is 0 Å². The quantitative estimate of drug-likeness (QED) is 0.453. The van der Waals surface area contributed by atoms with Crippen molar-refractivity contribution in [1.29, 1.82) is 0 Å². The van der Waals surface area contributed by atoms with E-state index in [0.29, 0.717) is 6.04 Å². The van der Waals surface area contributed by atoms with Gasteiger partial charge in [0, 0.05) is 35.7 Å². The van der Waals surface area contributed by atoms with Crippen molar-refractivity contribution in [2.75, 3.05) is 19.6 Å². The van der Waals surface area contributed by atoms with Crippen LogP contribution in [0.5, 0.6) is 0 Å². The molecule has 0 saturated carbocycles. The number of para-hydroxylation sites is 1. The molecule has 6 rings (SSSR count). The molecule has 2 nitrogen and oxygen atoms in total. The molecule has 0 aliphatic carbocycles. The van der Waals surface area contributed by atoms with Gasteiger partial charge in [-0.3, -0.25) is 0 Å². The van der Waals surface area contributed by atoms with Gasteiger partial charge in [-0.15, -0.1) is 0 Å². The number of nitrogens with one attached hydrogen (secondary N) is 1. The number of hydrogen-bond acceptors (Lipinski definition) is 0. The molecular formula is C27H27BrN2. The predicted molar refractivity (Wildman–Crippen MR) is 119 cm³/mol. The second-order valence-corrected chi connectivity index (χ2v) is 8.79. The number of aromatic nitrogens is 1. The van der Waals surface area contributed by atoms with E-state index >= 15 is 0 Å². The molecule has 2 atom stereocenters. The number of fused-ring (bicyclic) bond motifs is 7. The average Bonchev–Trinajstić information content (AvgIpc) is 3.17. The maximum Gasteiger partial charge on any atom is 0.156 e. The zero-order chi connectivity index (χ0) is 19.3. The molecule has 0 bridgehead atoms. The fraction of sp³-hybridized carbons (Fsp3) is 0.259. The molecule has 152 valence electrons. The van der Waals surface area contributed by atoms with E-state index in [2.05, 4.69) is 83.8 Å². The number of halogens is 1. The highest BCUT2D eigenvalue weighted by atomic mass is 79.9. The standard InChI is InChI=1S/C27H27N2.BrH/c1-2-8-20(9-3-1)14-17-29-18-15-21-10-4-5-11-22(21)27(29)26-24(16-19-29)23-12-6-7-13-25(23)28-26;/h1-13,27-28H,14-19H2;1H/q+1;/p-1. The molecule has 2 aliphatic heterocycles. The lowest BCUT2D eigenvalue weighted by molar-refractivity contribution is -0.955. The van der Waals surface area contributed by atoms with Gasteiger partial charge >= 0.3 is 0 Å². The van der Waals surface area contributed by atoms with E-state index in [1.165, 1.54) is 64.7 Å². The number of benzene rings is 3. The molecule has 0 saturated heterocycles. The summed E-state index contributed by atoms with van der Waals surface area (Å²) in [5, 5.41) is 1.42. The topological polar surface area (TPSA) is 15.8 Å². The Bertz CT molecular complexity index is 1180. The van der Waals surface area contributed by atoms with Crippen LogP contribution in [0.25, 0.3) is 10.9 Å². The summed E-state index contributed by atoms with van der Waals surface area (Å²) in [5.41, 5.74) is 8.86. The Balaban J connectivity index is 0.00000193. The Hall–Kier alpha value is -2.36. The maximum absolute atomic E-state index is 3.86. The van der Waals surface area contributed by atoms with Crippen LogP contribution in [0.4, 0.5) is 0 Å². The third-order valence-corrected chi connectivity index (χ3v) is 7.34. The zero-order valence-corrected chi connectivity index (χ0v) is 18.7. The monoisotopic (exact) mass is 458 g/mol. The number of H-pyrrole nitrogens is 1. The van der Waals surface area contributed by atoms with Crippen LogP contribution in [-0.4, -0.2) is 29.1 Å². The van der Waals surface area contributed by atoms with Crippen LogP contribution >= 0.6 is 0 Å². The largest absolute Gasteiger partial charge is 1.00 e. The number of quaternary nitrogens is 1. The van der Waals surface area contributed by atoms with Crippen LogP contribution in [-0.2, 0) is 19.3 Å². The van der Waals surface area contributed by atoms with Crippen molar-refractivity contribution in [2.45, 2.75) is 25.3 Å². The van der Waals surface area contributed by atoms with Crippen LogP contribution in [0.15, 0.2) is 78.9 Å². The SMILES string of the molecule is [Br-].c1ccc(CC[N+]23CCc4ccccc4C2c2[nH]c4ccccc4c2CC3)cc1. The van der Waals surface area contributed by atoms with Gasteiger partial charge < -0.3 is 26.4 Å². The summed E-state index contributed by atoms with van der Waals surface area (Å²) < 4.78 is 1.19. The predicted octanol–water partition coefficient (Wildman–Crippen LogP) is 2.43. The molecule has 4 aromatic rings. The summed E-state index contributed by atoms with van der Waals surface area (Å²) >= 11 is 0. The van der Waals surface area contributed by atoms with E-state index in [1.54, 1.807) is 11.1 Å². The summed E-state index contributed by atoms with van der Waals surface area (Å²) in [4.78, 5) is 3.86. The molecule has 2 aliphatic rings. The third-order valence-electron chi connectivity index (χ3n) is 7.34. The Morgan fingerprint density at radius 2 is 1.53 bits per heavy atom. The first kappa shape index (κ1) is 19.6. The maximum atomic E-state index is 3.86. The van der Waals surface area contributed by atoms with Gasteiger partial charge in [0.05, 0.1) is 25.3 Å². The smallest absolute Gasteiger partial charge is 0.156 e. The minimum absolute atomic E-state index is 0. The lowest BCUT2D eigenvalue weighted by Crippen LogP contribution is -3.00. The molecule has 3 heterocycles. The van der Waals surface area contributed by atoms with Crippen LogP contribution in [0.1, 0.15) is 34.0 Å². The van der Waals surface area contributed by atoms with E-state index in [0.717, 1.165) is 6.42 Å². The van der Waals surface area contributed by atoms with Gasteiger partial charge in [-0.2, -0.15) is 0 Å². The fourth-order valence-corrected chi connectivity index (χ4v) is 5.87. The molecule has 30 heavy (non-hydrogen) atoms. The molecule has 2 unspecified atom stereocenters.